The first-order valence-electron chi connectivity index (χ1n) is 15.2. The minimum absolute atomic E-state index is 0.00653. The maximum atomic E-state index is 14.7. The third-order valence-corrected chi connectivity index (χ3v) is 12.0. The summed E-state index contributed by atoms with van der Waals surface area (Å²) in [6.07, 6.45) is 7.10. The van der Waals surface area contributed by atoms with Crippen LogP contribution in [-0.4, -0.2) is 57.7 Å². The fourth-order valence-electron chi connectivity index (χ4n) is 7.55. The quantitative estimate of drug-likeness (QED) is 0.198. The fraction of sp³-hybridized carbons (Fsp3) is 0.314. The Bertz CT molecular complexity index is 1960. The summed E-state index contributed by atoms with van der Waals surface area (Å²) < 4.78 is 60.2. The van der Waals surface area contributed by atoms with Gasteiger partial charge in [-0.3, -0.25) is 9.78 Å². The van der Waals surface area contributed by atoms with Crippen LogP contribution < -0.4 is 0 Å². The average molecular weight is 647 g/mol. The van der Waals surface area contributed by atoms with E-state index < -0.39 is 38.4 Å². The number of pyridine rings is 1. The summed E-state index contributed by atoms with van der Waals surface area (Å²) in [5.41, 5.74) is 0.950. The highest BCUT2D eigenvalue weighted by Gasteiger charge is 2.54. The average Bonchev–Trinajstić information content (AvgIpc) is 3.41. The number of allylic oxidation sites excluding steroid dienone is 1. The van der Waals surface area contributed by atoms with E-state index in [9.17, 15) is 27.3 Å². The van der Waals surface area contributed by atoms with Crippen LogP contribution in [-0.2, 0) is 16.1 Å². The van der Waals surface area contributed by atoms with Gasteiger partial charge < -0.3 is 5.11 Å². The largest absolute Gasteiger partial charge is 0.390 e. The van der Waals surface area contributed by atoms with Crippen molar-refractivity contribution in [1.29, 1.82) is 0 Å². The SMILES string of the molecule is C=S(=O)(c1ccc(F)cc1)N(C1CC(C)(O)C1)[C@H]1CCC2=Cc3c(cnn3-c3ccc(F)cc3)C[C@]2(C(=O)c2cc(F)ccn2)C1. The summed E-state index contributed by atoms with van der Waals surface area (Å²) in [6, 6.07) is 13.0. The minimum atomic E-state index is -3.18. The van der Waals surface area contributed by atoms with E-state index in [1.165, 1.54) is 48.7 Å². The number of carbonyl (C=O) groups is 1. The molecule has 0 radical (unpaired) electrons. The molecule has 7 rings (SSSR count). The Labute approximate surface area is 265 Å². The number of aliphatic hydroxyl groups is 1. The van der Waals surface area contributed by atoms with Gasteiger partial charge in [0.05, 0.1) is 38.3 Å². The summed E-state index contributed by atoms with van der Waals surface area (Å²) in [7, 11) is -3.18. The van der Waals surface area contributed by atoms with Crippen LogP contribution in [0.25, 0.3) is 11.8 Å². The molecule has 46 heavy (non-hydrogen) atoms. The minimum Gasteiger partial charge on any atom is -0.390 e. The zero-order valence-electron chi connectivity index (χ0n) is 25.2. The molecule has 0 saturated heterocycles. The Kier molecular flexibility index (Phi) is 7.34. The Balaban J connectivity index is 1.33. The molecule has 1 N–H and O–H groups in total. The molecular weight excluding hydrogens is 613 g/mol. The van der Waals surface area contributed by atoms with E-state index in [0.29, 0.717) is 36.3 Å². The summed E-state index contributed by atoms with van der Waals surface area (Å²) in [4.78, 5) is 19.2. The Morgan fingerprint density at radius 3 is 2.33 bits per heavy atom. The van der Waals surface area contributed by atoms with Gasteiger partial charge in [0.1, 0.15) is 23.1 Å². The first kappa shape index (κ1) is 30.6. The molecule has 3 aliphatic rings. The van der Waals surface area contributed by atoms with Crippen molar-refractivity contribution in [3.05, 3.63) is 113 Å². The van der Waals surface area contributed by atoms with E-state index in [4.69, 9.17) is 0 Å². The molecule has 2 heterocycles. The highest BCUT2D eigenvalue weighted by atomic mass is 32.2. The predicted molar refractivity (Wildman–Crippen MR) is 169 cm³/mol. The maximum absolute atomic E-state index is 14.7. The monoisotopic (exact) mass is 646 g/mol. The Morgan fingerprint density at radius 1 is 1.00 bits per heavy atom. The zero-order chi connectivity index (χ0) is 32.4. The second-order valence-corrected chi connectivity index (χ2v) is 15.1. The third-order valence-electron chi connectivity index (χ3n) is 9.69. The number of benzene rings is 2. The second-order valence-electron chi connectivity index (χ2n) is 13.0. The van der Waals surface area contributed by atoms with Crippen molar-refractivity contribution in [3.63, 3.8) is 0 Å². The molecule has 7 nitrogen and oxygen atoms in total. The standard InChI is InChI=1S/C35H33F3N4O3S/c1-34(44)18-29(19-34)42(46(2,45)30-11-6-25(37)7-12-30)28-8-3-23-15-32-22(21-40-41(32)27-9-4-24(36)5-10-27)17-35(23,20-28)33(43)31-16-26(38)13-14-39-31/h4-7,9-16,21,28-29,44H,2-3,8,17-20H2,1H3/t28-,29?,34?,35-,46?/m0/s1. The number of nitrogens with zero attached hydrogens (tertiary/aromatic N) is 4. The lowest BCUT2D eigenvalue weighted by atomic mass is 9.60. The van der Waals surface area contributed by atoms with Crippen LogP contribution in [0.4, 0.5) is 13.2 Å². The molecule has 0 bridgehead atoms. The van der Waals surface area contributed by atoms with E-state index in [1.807, 2.05) is 10.4 Å². The van der Waals surface area contributed by atoms with Crippen molar-refractivity contribution in [1.82, 2.24) is 19.1 Å². The maximum Gasteiger partial charge on any atom is 0.191 e. The molecule has 0 spiro atoms. The van der Waals surface area contributed by atoms with E-state index in [2.05, 4.69) is 16.0 Å². The number of halogens is 3. The molecule has 3 aliphatic carbocycles. The van der Waals surface area contributed by atoms with Gasteiger partial charge in [0.15, 0.2) is 5.78 Å². The molecule has 4 aromatic rings. The van der Waals surface area contributed by atoms with Crippen LogP contribution in [0.5, 0.6) is 0 Å². The summed E-state index contributed by atoms with van der Waals surface area (Å²) >= 11 is 0. The van der Waals surface area contributed by atoms with Crippen LogP contribution in [0.1, 0.15) is 60.8 Å². The molecule has 2 aromatic carbocycles. The van der Waals surface area contributed by atoms with Gasteiger partial charge in [0.25, 0.3) is 0 Å². The van der Waals surface area contributed by atoms with E-state index in [0.717, 1.165) is 22.9 Å². The van der Waals surface area contributed by atoms with Gasteiger partial charge in [-0.05, 0) is 118 Å². The lowest BCUT2D eigenvalue weighted by Crippen LogP contribution is -2.60. The Morgan fingerprint density at radius 2 is 1.67 bits per heavy atom. The predicted octanol–water partition coefficient (Wildman–Crippen LogP) is 5.95. The fourth-order valence-corrected chi connectivity index (χ4v) is 9.64. The number of rotatable bonds is 7. The molecular formula is C35H33F3N4O3S. The first-order valence-corrected chi connectivity index (χ1v) is 16.9. The van der Waals surface area contributed by atoms with Crippen molar-refractivity contribution in [2.45, 2.75) is 68.0 Å². The number of ketones is 1. The highest BCUT2D eigenvalue weighted by Crippen LogP contribution is 2.53. The van der Waals surface area contributed by atoms with Crippen LogP contribution in [0, 0.1) is 22.9 Å². The van der Waals surface area contributed by atoms with Crippen LogP contribution in [0.15, 0.2) is 83.5 Å². The topological polar surface area (TPSA) is 88.3 Å². The summed E-state index contributed by atoms with van der Waals surface area (Å²) in [5.74, 6) is 2.41. The van der Waals surface area contributed by atoms with E-state index in [1.54, 1.807) is 29.9 Å². The lowest BCUT2D eigenvalue weighted by molar-refractivity contribution is -0.0679. The van der Waals surface area contributed by atoms with E-state index in [-0.39, 0.29) is 36.2 Å². The van der Waals surface area contributed by atoms with Gasteiger partial charge in [0.2, 0.25) is 0 Å². The molecule has 0 aliphatic heterocycles. The molecule has 1 unspecified atom stereocenters. The summed E-state index contributed by atoms with van der Waals surface area (Å²) in [6.45, 7) is 1.73. The van der Waals surface area contributed by atoms with E-state index >= 15 is 0 Å². The van der Waals surface area contributed by atoms with Gasteiger partial charge in [-0.15, -0.1) is 0 Å². The second kappa shape index (κ2) is 11.0. The van der Waals surface area contributed by atoms with Crippen molar-refractivity contribution in [2.75, 3.05) is 0 Å². The number of aromatic nitrogens is 3. The number of fused-ring (bicyclic) bond motifs is 2. The van der Waals surface area contributed by atoms with Gasteiger partial charge in [-0.25, -0.2) is 26.4 Å². The molecule has 238 valence electrons. The van der Waals surface area contributed by atoms with Gasteiger partial charge >= 0.3 is 0 Å². The number of hydrogen-bond donors (Lipinski definition) is 1. The molecule has 2 fully saturated rings. The third kappa shape index (κ3) is 5.20. The zero-order valence-corrected chi connectivity index (χ0v) is 26.0. The number of carbonyl (C=O) groups excluding carboxylic acids is 1. The lowest BCUT2D eigenvalue weighted by Gasteiger charge is -2.53. The first-order chi connectivity index (χ1) is 21.9. The van der Waals surface area contributed by atoms with Crippen molar-refractivity contribution in [2.24, 2.45) is 5.41 Å². The number of Topliss-reactive ketones (excluding diaryl/α,β-unsaturated/α-hetero) is 1. The molecule has 2 saturated carbocycles. The molecule has 11 heteroatoms. The number of hydrogen-bond acceptors (Lipinski definition) is 5. The van der Waals surface area contributed by atoms with Gasteiger partial charge in [0, 0.05) is 29.2 Å². The summed E-state index contributed by atoms with van der Waals surface area (Å²) in [5, 5.41) is 15.3. The van der Waals surface area contributed by atoms with Crippen molar-refractivity contribution >= 4 is 27.4 Å². The normalized spacial score (nSPS) is 26.8. The molecule has 3 atom stereocenters. The van der Waals surface area contributed by atoms with Crippen LogP contribution in [0.2, 0.25) is 0 Å². The Hall–Kier alpha value is -4.06. The van der Waals surface area contributed by atoms with Gasteiger partial charge in [-0.2, -0.15) is 5.10 Å². The highest BCUT2D eigenvalue weighted by molar-refractivity contribution is 7.98. The molecule has 0 amide bonds. The van der Waals surface area contributed by atoms with Crippen molar-refractivity contribution < 1.29 is 27.3 Å². The van der Waals surface area contributed by atoms with Gasteiger partial charge in [-0.1, -0.05) is 5.57 Å². The molecule has 2 aromatic heterocycles. The van der Waals surface area contributed by atoms with Crippen molar-refractivity contribution in [3.8, 4) is 5.69 Å². The van der Waals surface area contributed by atoms with Crippen LogP contribution >= 0.6 is 0 Å². The smallest absolute Gasteiger partial charge is 0.191 e. The van der Waals surface area contributed by atoms with Crippen LogP contribution in [0.3, 0.4) is 0 Å².